The van der Waals surface area contributed by atoms with Crippen LogP contribution in [-0.4, -0.2) is 35.7 Å². The number of anilines is 1. The third kappa shape index (κ3) is 5.29. The monoisotopic (exact) mass is 434 g/mol. The molecule has 0 radical (unpaired) electrons. The van der Waals surface area contributed by atoms with Crippen molar-refractivity contribution >= 4 is 35.7 Å². The van der Waals surface area contributed by atoms with Crippen LogP contribution in [0.3, 0.4) is 0 Å². The number of guanidine groups is 2. The molecule has 0 spiro atoms. The van der Waals surface area contributed by atoms with Gasteiger partial charge < -0.3 is 20.9 Å². The Hall–Kier alpha value is -3.53. The minimum absolute atomic E-state index is 0. The topological polar surface area (TPSA) is 142 Å². The molecule has 0 fully saturated rings. The highest BCUT2D eigenvalue weighted by molar-refractivity contribution is 6.05. The number of nitrogens with two attached hydrogens (primary N) is 2. The summed E-state index contributed by atoms with van der Waals surface area (Å²) in [6.45, 7) is 4.39. The van der Waals surface area contributed by atoms with Crippen LogP contribution in [0.2, 0.25) is 0 Å². The van der Waals surface area contributed by atoms with Crippen molar-refractivity contribution in [1.82, 2.24) is 0 Å². The van der Waals surface area contributed by atoms with Crippen molar-refractivity contribution < 1.29 is 14.4 Å². The van der Waals surface area contributed by atoms with E-state index in [-0.39, 0.29) is 30.0 Å². The Bertz CT molecular complexity index is 945. The summed E-state index contributed by atoms with van der Waals surface area (Å²) in [5.41, 5.74) is 11.9. The highest BCUT2D eigenvalue weighted by atomic mass is 35.5. The van der Waals surface area contributed by atoms with Gasteiger partial charge in [-0.3, -0.25) is 15.0 Å². The fourth-order valence-corrected chi connectivity index (χ4v) is 2.93. The van der Waals surface area contributed by atoms with Crippen molar-refractivity contribution in [2.45, 2.75) is 19.5 Å². The molecule has 0 saturated carbocycles. The SMILES string of the molecule is CC1(C)N=C(N)N=C(N)N1c1ccc(OCCOc2ccc([N+](=O)[O-])cc2)cc1.Cl. The van der Waals surface area contributed by atoms with Crippen molar-refractivity contribution in [2.75, 3.05) is 18.1 Å². The zero-order chi connectivity index (χ0) is 21.0. The van der Waals surface area contributed by atoms with Gasteiger partial charge in [-0.25, -0.2) is 4.99 Å². The first-order valence-electron chi connectivity index (χ1n) is 8.86. The Morgan fingerprint density at radius 2 is 1.50 bits per heavy atom. The summed E-state index contributed by atoms with van der Waals surface area (Å²) >= 11 is 0. The summed E-state index contributed by atoms with van der Waals surface area (Å²) in [6, 6.07) is 13.2. The Morgan fingerprint density at radius 3 is 1.97 bits per heavy atom. The molecular formula is C19H23ClN6O4. The van der Waals surface area contributed by atoms with Crippen LogP contribution in [0, 0.1) is 10.1 Å². The van der Waals surface area contributed by atoms with Crippen LogP contribution >= 0.6 is 12.4 Å². The lowest BCUT2D eigenvalue weighted by Gasteiger charge is -2.38. The van der Waals surface area contributed by atoms with Crippen LogP contribution in [0.5, 0.6) is 11.5 Å². The summed E-state index contributed by atoms with van der Waals surface area (Å²) in [5, 5.41) is 10.6. The van der Waals surface area contributed by atoms with E-state index in [0.29, 0.717) is 24.7 Å². The molecule has 0 saturated heterocycles. The number of halogens is 1. The highest BCUT2D eigenvalue weighted by Crippen LogP contribution is 2.28. The molecule has 30 heavy (non-hydrogen) atoms. The van der Waals surface area contributed by atoms with Crippen molar-refractivity contribution in [3.63, 3.8) is 0 Å². The normalized spacial score (nSPS) is 14.8. The molecule has 10 nitrogen and oxygen atoms in total. The molecule has 2 aromatic rings. The second kappa shape index (κ2) is 9.31. The second-order valence-electron chi connectivity index (χ2n) is 6.71. The summed E-state index contributed by atoms with van der Waals surface area (Å²) < 4.78 is 11.2. The van der Waals surface area contributed by atoms with Crippen LogP contribution in [0.15, 0.2) is 58.5 Å². The maximum absolute atomic E-state index is 10.6. The van der Waals surface area contributed by atoms with Crippen LogP contribution in [0.1, 0.15) is 13.8 Å². The van der Waals surface area contributed by atoms with Crippen LogP contribution in [-0.2, 0) is 0 Å². The van der Waals surface area contributed by atoms with E-state index in [9.17, 15) is 10.1 Å². The molecule has 0 atom stereocenters. The van der Waals surface area contributed by atoms with E-state index in [1.807, 2.05) is 38.1 Å². The van der Waals surface area contributed by atoms with Gasteiger partial charge in [-0.05, 0) is 50.2 Å². The van der Waals surface area contributed by atoms with Gasteiger partial charge in [-0.15, -0.1) is 12.4 Å². The maximum atomic E-state index is 10.6. The second-order valence-corrected chi connectivity index (χ2v) is 6.71. The van der Waals surface area contributed by atoms with E-state index in [1.165, 1.54) is 12.1 Å². The molecule has 4 N–H and O–H groups in total. The first kappa shape index (κ1) is 22.8. The fraction of sp³-hybridized carbons (Fsp3) is 0.263. The van der Waals surface area contributed by atoms with E-state index in [2.05, 4.69) is 9.98 Å². The Morgan fingerprint density at radius 1 is 1.00 bits per heavy atom. The molecule has 1 heterocycles. The van der Waals surface area contributed by atoms with Crippen molar-refractivity contribution in [1.29, 1.82) is 0 Å². The zero-order valence-electron chi connectivity index (χ0n) is 16.5. The minimum atomic E-state index is -0.656. The number of nitro benzene ring substituents is 1. The van der Waals surface area contributed by atoms with E-state index in [0.717, 1.165) is 5.69 Å². The van der Waals surface area contributed by atoms with Gasteiger partial charge in [0.25, 0.3) is 5.69 Å². The van der Waals surface area contributed by atoms with Crippen LogP contribution in [0.4, 0.5) is 11.4 Å². The molecule has 0 unspecified atom stereocenters. The average Bonchev–Trinajstić information content (AvgIpc) is 2.65. The molecule has 0 aliphatic carbocycles. The minimum Gasteiger partial charge on any atom is -0.490 e. The molecule has 0 bridgehead atoms. The maximum Gasteiger partial charge on any atom is 0.269 e. The van der Waals surface area contributed by atoms with Gasteiger partial charge in [0.15, 0.2) is 0 Å². The van der Waals surface area contributed by atoms with Gasteiger partial charge in [0.1, 0.15) is 30.4 Å². The summed E-state index contributed by atoms with van der Waals surface area (Å²) in [7, 11) is 0. The number of hydrogen-bond acceptors (Lipinski definition) is 9. The number of non-ortho nitro benzene ring substituents is 1. The number of rotatable bonds is 7. The number of nitrogens with zero attached hydrogens (tertiary/aromatic N) is 4. The van der Waals surface area contributed by atoms with E-state index in [4.69, 9.17) is 20.9 Å². The standard InChI is InChI=1S/C19H22N6O4.ClH/c1-19(2)23-17(20)22-18(21)24(19)13-3-7-15(8-4-13)28-11-12-29-16-9-5-14(6-10-16)25(26)27;/h3-10H,11-12H2,1-2H3,(H4,20,21,22,23);1H. The molecule has 0 aromatic heterocycles. The van der Waals surface area contributed by atoms with Crippen LogP contribution in [0.25, 0.3) is 0 Å². The average molecular weight is 435 g/mol. The molecule has 160 valence electrons. The van der Waals surface area contributed by atoms with E-state index in [1.54, 1.807) is 17.0 Å². The van der Waals surface area contributed by atoms with Crippen molar-refractivity contribution in [2.24, 2.45) is 21.5 Å². The molecule has 2 aromatic carbocycles. The predicted molar refractivity (Wildman–Crippen MR) is 118 cm³/mol. The smallest absolute Gasteiger partial charge is 0.269 e. The summed E-state index contributed by atoms with van der Waals surface area (Å²) in [4.78, 5) is 20.3. The third-order valence-corrected chi connectivity index (χ3v) is 4.16. The summed E-state index contributed by atoms with van der Waals surface area (Å²) in [6.07, 6.45) is 0. The summed E-state index contributed by atoms with van der Waals surface area (Å²) in [5.74, 6) is 1.62. The van der Waals surface area contributed by atoms with Crippen molar-refractivity contribution in [3.05, 3.63) is 58.6 Å². The fourth-order valence-electron chi connectivity index (χ4n) is 2.93. The van der Waals surface area contributed by atoms with Gasteiger partial charge in [-0.2, -0.15) is 4.99 Å². The molecule has 11 heteroatoms. The van der Waals surface area contributed by atoms with Crippen molar-refractivity contribution in [3.8, 4) is 11.5 Å². The van der Waals surface area contributed by atoms with E-state index >= 15 is 0 Å². The van der Waals surface area contributed by atoms with Crippen LogP contribution < -0.4 is 25.8 Å². The van der Waals surface area contributed by atoms with Gasteiger partial charge in [0.05, 0.1) is 4.92 Å². The lowest BCUT2D eigenvalue weighted by atomic mass is 10.1. The Labute approximate surface area is 179 Å². The lowest BCUT2D eigenvalue weighted by Crippen LogP contribution is -2.54. The Kier molecular flexibility index (Phi) is 7.06. The Balaban J connectivity index is 0.00000320. The number of aliphatic imine (C=N–C) groups is 2. The largest absolute Gasteiger partial charge is 0.490 e. The number of ether oxygens (including phenoxy) is 2. The number of nitro groups is 1. The quantitative estimate of drug-likeness (QED) is 0.387. The molecule has 1 aliphatic heterocycles. The zero-order valence-corrected chi connectivity index (χ0v) is 17.3. The first-order chi connectivity index (χ1) is 13.8. The van der Waals surface area contributed by atoms with Gasteiger partial charge in [0, 0.05) is 17.8 Å². The molecule has 3 rings (SSSR count). The number of benzene rings is 2. The van der Waals surface area contributed by atoms with Gasteiger partial charge in [-0.1, -0.05) is 0 Å². The number of hydrogen-bond donors (Lipinski definition) is 2. The van der Waals surface area contributed by atoms with Gasteiger partial charge in [0.2, 0.25) is 11.9 Å². The lowest BCUT2D eigenvalue weighted by molar-refractivity contribution is -0.384. The highest BCUT2D eigenvalue weighted by Gasteiger charge is 2.32. The molecular weight excluding hydrogens is 412 g/mol. The molecule has 0 amide bonds. The first-order valence-corrected chi connectivity index (χ1v) is 8.86. The van der Waals surface area contributed by atoms with E-state index < -0.39 is 10.6 Å². The molecule has 1 aliphatic rings. The van der Waals surface area contributed by atoms with Gasteiger partial charge >= 0.3 is 0 Å². The third-order valence-electron chi connectivity index (χ3n) is 4.16. The predicted octanol–water partition coefficient (Wildman–Crippen LogP) is 2.66.